The number of hydrogen-bond donors (Lipinski definition) is 1. The van der Waals surface area contributed by atoms with Gasteiger partial charge in [-0.15, -0.1) is 0 Å². The summed E-state index contributed by atoms with van der Waals surface area (Å²) in [7, 11) is 0. The fraction of sp³-hybridized carbons (Fsp3) is 0.571. The lowest BCUT2D eigenvalue weighted by Gasteiger charge is -2.22. The fourth-order valence-corrected chi connectivity index (χ4v) is 2.13. The second kappa shape index (κ2) is 6.10. The summed E-state index contributed by atoms with van der Waals surface area (Å²) in [6, 6.07) is 6.31. The molecule has 1 aromatic rings. The molecular weight excluding hydrogens is 298 g/mol. The maximum absolute atomic E-state index is 6.15. The van der Waals surface area contributed by atoms with Crippen molar-refractivity contribution >= 4 is 33.2 Å². The highest BCUT2D eigenvalue weighted by molar-refractivity contribution is 9.10. The molecule has 1 rings (SSSR count). The summed E-state index contributed by atoms with van der Waals surface area (Å²) < 4.78 is 1.05. The third kappa shape index (κ3) is 5.78. The molecule has 96 valence electrons. The van der Waals surface area contributed by atoms with E-state index in [0.29, 0.717) is 11.5 Å². The van der Waals surface area contributed by atoms with E-state index in [0.717, 1.165) is 21.6 Å². The maximum Gasteiger partial charge on any atom is 0.0638 e. The zero-order valence-electron chi connectivity index (χ0n) is 11.0. The van der Waals surface area contributed by atoms with E-state index in [1.807, 2.05) is 18.2 Å². The molecule has 0 aliphatic carbocycles. The first kappa shape index (κ1) is 14.8. The van der Waals surface area contributed by atoms with Crippen molar-refractivity contribution < 1.29 is 0 Å². The molecule has 1 nitrogen and oxygen atoms in total. The van der Waals surface area contributed by atoms with Crippen molar-refractivity contribution in [2.75, 3.05) is 5.32 Å². The Kier molecular flexibility index (Phi) is 5.33. The summed E-state index contributed by atoms with van der Waals surface area (Å²) >= 11 is 9.61. The molecule has 1 atom stereocenters. The Morgan fingerprint density at radius 2 is 2.00 bits per heavy atom. The smallest absolute Gasteiger partial charge is 0.0638 e. The van der Waals surface area contributed by atoms with Gasteiger partial charge in [-0.1, -0.05) is 48.3 Å². The van der Waals surface area contributed by atoms with Gasteiger partial charge in [0.2, 0.25) is 0 Å². The molecule has 17 heavy (non-hydrogen) atoms. The van der Waals surface area contributed by atoms with Crippen LogP contribution in [0.15, 0.2) is 22.7 Å². The Labute approximate surface area is 118 Å². The van der Waals surface area contributed by atoms with E-state index in [9.17, 15) is 0 Å². The number of rotatable bonds is 4. The van der Waals surface area contributed by atoms with Crippen LogP contribution in [0.1, 0.15) is 40.5 Å². The molecule has 3 heteroatoms. The van der Waals surface area contributed by atoms with Crippen LogP contribution in [0, 0.1) is 5.41 Å². The highest BCUT2D eigenvalue weighted by atomic mass is 79.9. The minimum absolute atomic E-state index is 0.386. The van der Waals surface area contributed by atoms with Crippen molar-refractivity contribution in [1.82, 2.24) is 0 Å². The van der Waals surface area contributed by atoms with Crippen molar-refractivity contribution in [3.63, 3.8) is 0 Å². The average Bonchev–Trinajstić information content (AvgIpc) is 2.20. The lowest BCUT2D eigenvalue weighted by molar-refractivity contribution is 0.357. The topological polar surface area (TPSA) is 12.0 Å². The molecule has 1 unspecified atom stereocenters. The highest BCUT2D eigenvalue weighted by Crippen LogP contribution is 2.28. The first-order chi connectivity index (χ1) is 7.78. The summed E-state index contributed by atoms with van der Waals surface area (Å²) in [6.45, 7) is 9.01. The van der Waals surface area contributed by atoms with E-state index >= 15 is 0 Å². The molecule has 0 heterocycles. The van der Waals surface area contributed by atoms with Crippen molar-refractivity contribution in [3.8, 4) is 0 Å². The van der Waals surface area contributed by atoms with Crippen LogP contribution in [-0.4, -0.2) is 6.04 Å². The largest absolute Gasteiger partial charge is 0.381 e. The van der Waals surface area contributed by atoms with Gasteiger partial charge in [-0.25, -0.2) is 0 Å². The second-order valence-electron chi connectivity index (χ2n) is 5.77. The van der Waals surface area contributed by atoms with Crippen LogP contribution >= 0.6 is 27.5 Å². The fourth-order valence-electron chi connectivity index (χ4n) is 1.60. The summed E-state index contributed by atoms with van der Waals surface area (Å²) in [5.41, 5.74) is 1.39. The summed E-state index contributed by atoms with van der Waals surface area (Å²) in [5, 5.41) is 4.24. The van der Waals surface area contributed by atoms with Gasteiger partial charge in [0.1, 0.15) is 0 Å². The van der Waals surface area contributed by atoms with Gasteiger partial charge in [0, 0.05) is 10.5 Å². The van der Waals surface area contributed by atoms with E-state index in [1.165, 1.54) is 6.42 Å². The normalized spacial score (nSPS) is 13.5. The Hall–Kier alpha value is -0.210. The van der Waals surface area contributed by atoms with Gasteiger partial charge in [0.25, 0.3) is 0 Å². The molecule has 1 aromatic carbocycles. The third-order valence-corrected chi connectivity index (χ3v) is 3.48. The summed E-state index contributed by atoms with van der Waals surface area (Å²) in [5.74, 6) is 0. The lowest BCUT2D eigenvalue weighted by atomic mass is 9.89. The Bertz CT molecular complexity index is 371. The first-order valence-corrected chi connectivity index (χ1v) is 7.16. The SMILES string of the molecule is CC(CCC(C)(C)C)Nc1cc(Br)ccc1Cl. The van der Waals surface area contributed by atoms with E-state index in [1.54, 1.807) is 0 Å². The van der Waals surface area contributed by atoms with Crippen LogP contribution in [0.5, 0.6) is 0 Å². The van der Waals surface area contributed by atoms with Gasteiger partial charge in [-0.3, -0.25) is 0 Å². The molecular formula is C14H21BrClN. The Morgan fingerprint density at radius 1 is 1.35 bits per heavy atom. The van der Waals surface area contributed by atoms with Crippen molar-refractivity contribution in [1.29, 1.82) is 0 Å². The zero-order chi connectivity index (χ0) is 13.1. The lowest BCUT2D eigenvalue weighted by Crippen LogP contribution is -2.18. The van der Waals surface area contributed by atoms with Crippen LogP contribution in [-0.2, 0) is 0 Å². The quantitative estimate of drug-likeness (QED) is 0.747. The molecule has 0 aromatic heterocycles. The standard InChI is InChI=1S/C14H21BrClN/c1-10(7-8-14(2,3)4)17-13-9-11(15)5-6-12(13)16/h5-6,9-10,17H,7-8H2,1-4H3. The van der Waals surface area contributed by atoms with E-state index in [4.69, 9.17) is 11.6 Å². The summed E-state index contributed by atoms with van der Waals surface area (Å²) in [4.78, 5) is 0. The Balaban J connectivity index is 2.56. The van der Waals surface area contributed by atoms with Crippen molar-refractivity contribution in [2.24, 2.45) is 5.41 Å². The van der Waals surface area contributed by atoms with E-state index in [2.05, 4.69) is 48.9 Å². The van der Waals surface area contributed by atoms with Crippen molar-refractivity contribution in [2.45, 2.75) is 46.6 Å². The maximum atomic E-state index is 6.15. The summed E-state index contributed by atoms with van der Waals surface area (Å²) in [6.07, 6.45) is 2.35. The molecule has 0 aliphatic rings. The van der Waals surface area contributed by atoms with Gasteiger partial charge in [0.05, 0.1) is 10.7 Å². The van der Waals surface area contributed by atoms with E-state index < -0.39 is 0 Å². The van der Waals surface area contributed by atoms with Crippen LogP contribution in [0.4, 0.5) is 5.69 Å². The first-order valence-electron chi connectivity index (χ1n) is 5.99. The molecule has 0 fully saturated rings. The monoisotopic (exact) mass is 317 g/mol. The third-order valence-electron chi connectivity index (χ3n) is 2.66. The number of nitrogens with one attached hydrogen (secondary N) is 1. The van der Waals surface area contributed by atoms with Crippen LogP contribution < -0.4 is 5.32 Å². The zero-order valence-corrected chi connectivity index (χ0v) is 13.3. The predicted octanol–water partition coefficient (Wildman–Crippen LogP) is 5.73. The van der Waals surface area contributed by atoms with Crippen LogP contribution in [0.25, 0.3) is 0 Å². The minimum atomic E-state index is 0.386. The number of hydrogen-bond acceptors (Lipinski definition) is 1. The van der Waals surface area contributed by atoms with Crippen LogP contribution in [0.3, 0.4) is 0 Å². The van der Waals surface area contributed by atoms with Crippen molar-refractivity contribution in [3.05, 3.63) is 27.7 Å². The molecule has 1 N–H and O–H groups in total. The number of halogens is 2. The van der Waals surface area contributed by atoms with E-state index in [-0.39, 0.29) is 0 Å². The molecule has 0 saturated heterocycles. The van der Waals surface area contributed by atoms with Gasteiger partial charge in [0.15, 0.2) is 0 Å². The number of anilines is 1. The molecule has 0 radical (unpaired) electrons. The number of benzene rings is 1. The molecule has 0 spiro atoms. The van der Waals surface area contributed by atoms with Gasteiger partial charge >= 0.3 is 0 Å². The van der Waals surface area contributed by atoms with Gasteiger partial charge in [-0.05, 0) is 43.4 Å². The van der Waals surface area contributed by atoms with Gasteiger partial charge < -0.3 is 5.32 Å². The minimum Gasteiger partial charge on any atom is -0.381 e. The highest BCUT2D eigenvalue weighted by Gasteiger charge is 2.13. The second-order valence-corrected chi connectivity index (χ2v) is 7.09. The molecule has 0 saturated carbocycles. The predicted molar refractivity (Wildman–Crippen MR) is 80.9 cm³/mol. The molecule has 0 aliphatic heterocycles. The van der Waals surface area contributed by atoms with Gasteiger partial charge in [-0.2, -0.15) is 0 Å². The molecule has 0 bridgehead atoms. The van der Waals surface area contributed by atoms with Crippen LogP contribution in [0.2, 0.25) is 5.02 Å². The Morgan fingerprint density at radius 3 is 2.59 bits per heavy atom. The average molecular weight is 319 g/mol. The molecule has 0 amide bonds.